The molecule has 166 valence electrons. The molecule has 0 saturated carbocycles. The summed E-state index contributed by atoms with van der Waals surface area (Å²) >= 11 is 0. The number of hydrogen-bond donors (Lipinski definition) is 3. The molecule has 1 aliphatic heterocycles. The van der Waals surface area contributed by atoms with E-state index >= 15 is 0 Å². The molecular formula is C23H30FIN6. The van der Waals surface area contributed by atoms with Gasteiger partial charge in [0.2, 0.25) is 0 Å². The number of halogens is 2. The summed E-state index contributed by atoms with van der Waals surface area (Å²) in [6.45, 7) is 6.31. The molecule has 1 saturated heterocycles. The Hall–Kier alpha value is -2.36. The largest absolute Gasteiger partial charge is 0.361 e. The lowest BCUT2D eigenvalue weighted by atomic mass is 10.1. The molecule has 4 rings (SSSR count). The Morgan fingerprint density at radius 1 is 1.19 bits per heavy atom. The Kier molecular flexibility index (Phi) is 8.51. The standard InChI is InChI=1S/C23H29FN6.HI/c1-2-25-23(26-10-9-18-16-27-21-7-6-19(24)13-20(18)21)29-15-17-5-8-22(28-14-17)30-11-3-4-12-30;/h5-8,13-14,16,27H,2-4,9-12,15H2,1H3,(H2,25,26,29);1H. The smallest absolute Gasteiger partial charge is 0.191 e. The zero-order valence-corrected chi connectivity index (χ0v) is 20.2. The molecule has 3 aromatic rings. The number of aromatic amines is 1. The van der Waals surface area contributed by atoms with E-state index < -0.39 is 0 Å². The molecule has 0 radical (unpaired) electrons. The summed E-state index contributed by atoms with van der Waals surface area (Å²) in [6, 6.07) is 9.03. The molecule has 3 N–H and O–H groups in total. The minimum absolute atomic E-state index is 0. The van der Waals surface area contributed by atoms with Crippen molar-refractivity contribution < 1.29 is 4.39 Å². The first-order valence-corrected chi connectivity index (χ1v) is 10.7. The molecule has 1 aliphatic rings. The van der Waals surface area contributed by atoms with Gasteiger partial charge in [-0.2, -0.15) is 0 Å². The number of guanidine groups is 1. The number of nitrogens with one attached hydrogen (secondary N) is 3. The van der Waals surface area contributed by atoms with E-state index in [0.29, 0.717) is 13.1 Å². The lowest BCUT2D eigenvalue weighted by Crippen LogP contribution is -2.38. The summed E-state index contributed by atoms with van der Waals surface area (Å²) in [5, 5.41) is 7.58. The number of fused-ring (bicyclic) bond motifs is 1. The van der Waals surface area contributed by atoms with Crippen LogP contribution in [-0.4, -0.2) is 42.1 Å². The average molecular weight is 536 g/mol. The topological polar surface area (TPSA) is 68.3 Å². The third-order valence-electron chi connectivity index (χ3n) is 5.42. The van der Waals surface area contributed by atoms with E-state index in [1.807, 2.05) is 19.3 Å². The highest BCUT2D eigenvalue weighted by Crippen LogP contribution is 2.20. The van der Waals surface area contributed by atoms with Gasteiger partial charge in [-0.1, -0.05) is 6.07 Å². The van der Waals surface area contributed by atoms with E-state index in [1.165, 1.54) is 18.9 Å². The Bertz CT molecular complexity index is 995. The van der Waals surface area contributed by atoms with E-state index in [-0.39, 0.29) is 29.8 Å². The molecule has 0 amide bonds. The lowest BCUT2D eigenvalue weighted by Gasteiger charge is -2.16. The summed E-state index contributed by atoms with van der Waals surface area (Å²) in [6.07, 6.45) is 7.14. The molecule has 8 heteroatoms. The van der Waals surface area contributed by atoms with Crippen LogP contribution in [0.15, 0.2) is 47.7 Å². The number of anilines is 1. The molecule has 0 bridgehead atoms. The number of H-pyrrole nitrogens is 1. The first-order chi connectivity index (χ1) is 14.7. The van der Waals surface area contributed by atoms with Crippen LogP contribution in [0.2, 0.25) is 0 Å². The number of hydrogen-bond acceptors (Lipinski definition) is 3. The number of aliphatic imine (C=N–C) groups is 1. The van der Waals surface area contributed by atoms with Gasteiger partial charge in [0.15, 0.2) is 5.96 Å². The number of pyridine rings is 1. The third-order valence-corrected chi connectivity index (χ3v) is 5.42. The Balaban J connectivity index is 0.00000272. The third kappa shape index (κ3) is 6.09. The Morgan fingerprint density at radius 2 is 2.03 bits per heavy atom. The fourth-order valence-corrected chi connectivity index (χ4v) is 3.83. The minimum Gasteiger partial charge on any atom is -0.361 e. The van der Waals surface area contributed by atoms with Crippen molar-refractivity contribution in [2.24, 2.45) is 4.99 Å². The number of benzene rings is 1. The van der Waals surface area contributed by atoms with Crippen molar-refractivity contribution in [3.63, 3.8) is 0 Å². The van der Waals surface area contributed by atoms with Crippen molar-refractivity contribution in [2.45, 2.75) is 32.7 Å². The summed E-state index contributed by atoms with van der Waals surface area (Å²) in [5.74, 6) is 1.61. The summed E-state index contributed by atoms with van der Waals surface area (Å²) in [7, 11) is 0. The second-order valence-corrected chi connectivity index (χ2v) is 7.59. The minimum atomic E-state index is -0.212. The molecule has 0 aliphatic carbocycles. The highest BCUT2D eigenvalue weighted by atomic mass is 127. The van der Waals surface area contributed by atoms with Crippen LogP contribution in [0.4, 0.5) is 10.2 Å². The van der Waals surface area contributed by atoms with Gasteiger partial charge >= 0.3 is 0 Å². The number of rotatable bonds is 7. The van der Waals surface area contributed by atoms with Crippen LogP contribution in [0, 0.1) is 5.82 Å². The van der Waals surface area contributed by atoms with E-state index in [9.17, 15) is 4.39 Å². The summed E-state index contributed by atoms with van der Waals surface area (Å²) < 4.78 is 13.6. The second kappa shape index (κ2) is 11.3. The van der Waals surface area contributed by atoms with Crippen molar-refractivity contribution in [3.8, 4) is 0 Å². The molecule has 31 heavy (non-hydrogen) atoms. The van der Waals surface area contributed by atoms with Crippen molar-refractivity contribution in [1.29, 1.82) is 0 Å². The van der Waals surface area contributed by atoms with Gasteiger partial charge in [-0.3, -0.25) is 0 Å². The quantitative estimate of drug-likeness (QED) is 0.241. The predicted octanol–water partition coefficient (Wildman–Crippen LogP) is 4.22. The molecule has 3 heterocycles. The Morgan fingerprint density at radius 3 is 2.77 bits per heavy atom. The molecule has 0 spiro atoms. The van der Waals surface area contributed by atoms with E-state index in [0.717, 1.165) is 59.9 Å². The molecule has 2 aromatic heterocycles. The van der Waals surface area contributed by atoms with Crippen LogP contribution < -0.4 is 15.5 Å². The molecule has 6 nitrogen and oxygen atoms in total. The monoisotopic (exact) mass is 536 g/mol. The van der Waals surface area contributed by atoms with Crippen molar-refractivity contribution >= 4 is 46.7 Å². The normalized spacial score (nSPS) is 14.0. The van der Waals surface area contributed by atoms with Crippen LogP contribution in [0.3, 0.4) is 0 Å². The Labute approximate surface area is 199 Å². The van der Waals surface area contributed by atoms with E-state index in [4.69, 9.17) is 0 Å². The van der Waals surface area contributed by atoms with Crippen molar-refractivity contribution in [2.75, 3.05) is 31.1 Å². The first-order valence-electron chi connectivity index (χ1n) is 10.7. The average Bonchev–Trinajstić information content (AvgIpc) is 3.43. The van der Waals surface area contributed by atoms with Gasteiger partial charge in [0, 0.05) is 49.5 Å². The zero-order chi connectivity index (χ0) is 20.8. The molecule has 1 aromatic carbocycles. The fraction of sp³-hybridized carbons (Fsp3) is 0.391. The highest BCUT2D eigenvalue weighted by Gasteiger charge is 2.13. The van der Waals surface area contributed by atoms with Crippen molar-refractivity contribution in [3.05, 3.63) is 59.7 Å². The summed E-state index contributed by atoms with van der Waals surface area (Å²) in [4.78, 5) is 14.8. The maximum Gasteiger partial charge on any atom is 0.191 e. The van der Waals surface area contributed by atoms with E-state index in [2.05, 4.69) is 42.6 Å². The maximum absolute atomic E-state index is 13.6. The maximum atomic E-state index is 13.6. The molecule has 0 atom stereocenters. The predicted molar refractivity (Wildman–Crippen MR) is 136 cm³/mol. The summed E-state index contributed by atoms with van der Waals surface area (Å²) in [5.41, 5.74) is 3.13. The highest BCUT2D eigenvalue weighted by molar-refractivity contribution is 14.0. The van der Waals surface area contributed by atoms with Crippen LogP contribution in [0.5, 0.6) is 0 Å². The van der Waals surface area contributed by atoms with Crippen LogP contribution in [0.25, 0.3) is 10.9 Å². The molecular weight excluding hydrogens is 506 g/mol. The number of aromatic nitrogens is 2. The second-order valence-electron chi connectivity index (χ2n) is 7.59. The van der Waals surface area contributed by atoms with Gasteiger partial charge in [0.1, 0.15) is 11.6 Å². The van der Waals surface area contributed by atoms with E-state index in [1.54, 1.807) is 12.1 Å². The van der Waals surface area contributed by atoms with Crippen LogP contribution >= 0.6 is 24.0 Å². The van der Waals surface area contributed by atoms with Gasteiger partial charge in [-0.15, -0.1) is 24.0 Å². The van der Waals surface area contributed by atoms with Gasteiger partial charge in [-0.25, -0.2) is 14.4 Å². The van der Waals surface area contributed by atoms with Gasteiger partial charge in [0.05, 0.1) is 6.54 Å². The van der Waals surface area contributed by atoms with Crippen LogP contribution in [-0.2, 0) is 13.0 Å². The first kappa shape index (κ1) is 23.3. The van der Waals surface area contributed by atoms with Gasteiger partial charge in [0.25, 0.3) is 0 Å². The zero-order valence-electron chi connectivity index (χ0n) is 17.8. The van der Waals surface area contributed by atoms with Crippen molar-refractivity contribution in [1.82, 2.24) is 20.6 Å². The van der Waals surface area contributed by atoms with Gasteiger partial charge < -0.3 is 20.5 Å². The lowest BCUT2D eigenvalue weighted by molar-refractivity contribution is 0.629. The van der Waals surface area contributed by atoms with Crippen LogP contribution in [0.1, 0.15) is 30.9 Å². The number of nitrogens with zero attached hydrogens (tertiary/aromatic N) is 3. The molecule has 0 unspecified atom stereocenters. The fourth-order valence-electron chi connectivity index (χ4n) is 3.83. The molecule has 1 fully saturated rings. The SMILES string of the molecule is CCNC(=NCc1ccc(N2CCCC2)nc1)NCCc1c[nH]c2ccc(F)cc12.I. The van der Waals surface area contributed by atoms with Gasteiger partial charge in [-0.05, 0) is 61.6 Å².